The summed E-state index contributed by atoms with van der Waals surface area (Å²) in [6, 6.07) is 9.40. The van der Waals surface area contributed by atoms with Crippen molar-refractivity contribution in [1.29, 1.82) is 0 Å². The zero-order valence-electron chi connectivity index (χ0n) is 16.3. The van der Waals surface area contributed by atoms with Crippen LogP contribution in [0, 0.1) is 13.8 Å². The number of aromatic nitrogens is 1. The predicted octanol–water partition coefficient (Wildman–Crippen LogP) is 4.64. The van der Waals surface area contributed by atoms with E-state index >= 15 is 0 Å². The van der Waals surface area contributed by atoms with E-state index in [0.717, 1.165) is 0 Å². The Morgan fingerprint density at radius 1 is 0.913 bits per heavy atom. The fourth-order valence-corrected chi connectivity index (χ4v) is 7.09. The molecule has 1 aromatic heterocycles. The van der Waals surface area contributed by atoms with E-state index in [1.165, 1.54) is 27.9 Å². The molecule has 1 aromatic carbocycles. The molecule has 0 fully saturated rings. The van der Waals surface area contributed by atoms with Crippen LogP contribution in [0.4, 0.5) is 0 Å². The number of nitrogens with zero attached hydrogens (tertiary/aromatic N) is 1. The van der Waals surface area contributed by atoms with Crippen molar-refractivity contribution >= 4 is 17.7 Å². The van der Waals surface area contributed by atoms with E-state index in [1.807, 2.05) is 0 Å². The third-order valence-electron chi connectivity index (χ3n) is 4.65. The Hall–Kier alpha value is -1.09. The summed E-state index contributed by atoms with van der Waals surface area (Å²) in [6.45, 7) is 11.3. The fourth-order valence-electron chi connectivity index (χ4n) is 3.28. The van der Waals surface area contributed by atoms with E-state index < -0.39 is 13.3 Å². The zero-order chi connectivity index (χ0) is 17.6. The molecule has 0 atom stereocenters. The van der Waals surface area contributed by atoms with Crippen molar-refractivity contribution in [2.24, 2.45) is 7.05 Å². The topological polar surface area (TPSA) is 3.88 Å². The third-order valence-corrected chi connectivity index (χ3v) is 9.17. The maximum absolute atomic E-state index is 2.47. The molecule has 0 spiro atoms. The molecule has 124 valence electrons. The molecule has 0 amide bonds. The summed E-state index contributed by atoms with van der Waals surface area (Å²) < 4.78 is 3.89. The monoisotopic (exact) mass is 372 g/mol. The average Bonchev–Trinajstić information content (AvgIpc) is 2.36. The Balaban J connectivity index is 2.63. The molecule has 0 N–H and O–H groups in total. The van der Waals surface area contributed by atoms with Gasteiger partial charge in [0.25, 0.3) is 0 Å². The zero-order valence-corrected chi connectivity index (χ0v) is 18.4. The summed E-state index contributed by atoms with van der Waals surface area (Å²) in [5, 5.41) is 0. The van der Waals surface area contributed by atoms with Crippen LogP contribution in [-0.4, -0.2) is 13.3 Å². The molecule has 0 aliphatic rings. The molecular formula is C21H32GeN+. The second kappa shape index (κ2) is 6.09. The van der Waals surface area contributed by atoms with Gasteiger partial charge >= 0.3 is 145 Å². The molecular weight excluding hydrogens is 339 g/mol. The number of hydrogen-bond donors (Lipinski definition) is 0. The first-order valence-electron chi connectivity index (χ1n) is 8.53. The number of hydrogen-bond acceptors (Lipinski definition) is 0. The van der Waals surface area contributed by atoms with Crippen LogP contribution in [0.5, 0.6) is 0 Å². The first kappa shape index (κ1) is 18.3. The van der Waals surface area contributed by atoms with Gasteiger partial charge < -0.3 is 0 Å². The molecule has 0 saturated heterocycles. The van der Waals surface area contributed by atoms with E-state index in [9.17, 15) is 0 Å². The van der Waals surface area contributed by atoms with E-state index in [0.29, 0.717) is 0 Å². The van der Waals surface area contributed by atoms with Gasteiger partial charge in [0.05, 0.1) is 0 Å². The van der Waals surface area contributed by atoms with Gasteiger partial charge in [-0.15, -0.1) is 0 Å². The van der Waals surface area contributed by atoms with E-state index in [-0.39, 0.29) is 5.41 Å². The molecule has 2 rings (SSSR count). The van der Waals surface area contributed by atoms with Gasteiger partial charge in [-0.25, -0.2) is 0 Å². The van der Waals surface area contributed by atoms with Crippen LogP contribution in [0.3, 0.4) is 0 Å². The van der Waals surface area contributed by atoms with Crippen LogP contribution in [0.1, 0.15) is 37.5 Å². The molecule has 0 bridgehead atoms. The van der Waals surface area contributed by atoms with Crippen molar-refractivity contribution < 1.29 is 4.57 Å². The number of benzene rings is 1. The first-order chi connectivity index (χ1) is 10.4. The van der Waals surface area contributed by atoms with Crippen LogP contribution >= 0.6 is 0 Å². The van der Waals surface area contributed by atoms with Crippen molar-refractivity contribution in [1.82, 2.24) is 0 Å². The molecule has 23 heavy (non-hydrogen) atoms. The van der Waals surface area contributed by atoms with E-state index in [4.69, 9.17) is 0 Å². The first-order valence-corrected chi connectivity index (χ1v) is 15.9. The Kier molecular flexibility index (Phi) is 4.83. The van der Waals surface area contributed by atoms with Gasteiger partial charge in [0.1, 0.15) is 0 Å². The number of rotatable bonds is 2. The minimum atomic E-state index is -1.86. The van der Waals surface area contributed by atoms with Gasteiger partial charge in [0.2, 0.25) is 0 Å². The van der Waals surface area contributed by atoms with Gasteiger partial charge in [-0.05, 0) is 0 Å². The summed E-state index contributed by atoms with van der Waals surface area (Å²) in [6.07, 6.45) is 2.30. The molecule has 0 saturated carbocycles. The summed E-state index contributed by atoms with van der Waals surface area (Å²) in [4.78, 5) is 0. The number of aryl methyl sites for hydroxylation is 3. The summed E-state index contributed by atoms with van der Waals surface area (Å²) >= 11 is -1.86. The van der Waals surface area contributed by atoms with E-state index in [2.05, 4.69) is 94.0 Å². The van der Waals surface area contributed by atoms with Gasteiger partial charge in [0, 0.05) is 0 Å². The van der Waals surface area contributed by atoms with Crippen LogP contribution in [0.15, 0.2) is 30.5 Å². The van der Waals surface area contributed by atoms with Crippen LogP contribution in [-0.2, 0) is 12.5 Å². The molecule has 2 aromatic rings. The van der Waals surface area contributed by atoms with Crippen molar-refractivity contribution in [3.63, 3.8) is 0 Å². The molecule has 0 aliphatic carbocycles. The number of pyridine rings is 1. The van der Waals surface area contributed by atoms with Gasteiger partial charge in [0.15, 0.2) is 0 Å². The summed E-state index contributed by atoms with van der Waals surface area (Å²) in [7, 11) is 2.17. The maximum atomic E-state index is 2.47. The minimum absolute atomic E-state index is 0.199. The normalized spacial score (nSPS) is 12.6. The molecule has 0 radical (unpaired) electrons. The van der Waals surface area contributed by atoms with E-state index in [1.54, 1.807) is 4.40 Å². The molecule has 0 unspecified atom stereocenters. The van der Waals surface area contributed by atoms with Crippen molar-refractivity contribution in [3.05, 3.63) is 47.2 Å². The van der Waals surface area contributed by atoms with Gasteiger partial charge in [-0.1, -0.05) is 0 Å². The van der Waals surface area contributed by atoms with Crippen LogP contribution < -0.4 is 8.96 Å². The Labute approximate surface area is 145 Å². The summed E-state index contributed by atoms with van der Waals surface area (Å²) in [5.41, 5.74) is 7.10. The fraction of sp³-hybridized carbons (Fsp3) is 0.476. The van der Waals surface area contributed by atoms with Gasteiger partial charge in [-0.3, -0.25) is 0 Å². The Morgan fingerprint density at radius 2 is 1.52 bits per heavy atom. The van der Waals surface area contributed by atoms with Crippen LogP contribution in [0.25, 0.3) is 11.3 Å². The second-order valence-electron chi connectivity index (χ2n) is 8.90. The SMILES string of the molecule is Cc1cc(C(C)(C)C)ccc1-c1c[c]([Ge]([CH3])([CH3])[CH3])c(C)c[n+]1C. The average molecular weight is 371 g/mol. The summed E-state index contributed by atoms with van der Waals surface area (Å²) in [5.74, 6) is 7.42. The predicted molar refractivity (Wildman–Crippen MR) is 104 cm³/mol. The van der Waals surface area contributed by atoms with Crippen molar-refractivity contribution in [3.8, 4) is 11.3 Å². The molecule has 0 aliphatic heterocycles. The molecule has 1 nitrogen and oxygen atoms in total. The quantitative estimate of drug-likeness (QED) is 0.535. The Morgan fingerprint density at radius 3 is 2.00 bits per heavy atom. The van der Waals surface area contributed by atoms with Crippen molar-refractivity contribution in [2.45, 2.75) is 57.3 Å². The Bertz CT molecular complexity index is 731. The molecule has 1 heterocycles. The molecule has 2 heteroatoms. The second-order valence-corrected chi connectivity index (χ2v) is 19.5. The third kappa shape index (κ3) is 3.88. The van der Waals surface area contributed by atoms with Crippen molar-refractivity contribution in [2.75, 3.05) is 0 Å². The standard InChI is InChI=1S/C21H32GeN/c1-15-12-17(21(3,4)5)10-11-18(15)20-13-19(22(6,7)8)16(2)14-23(20)9/h10-14H,1-9H3/q+1. The van der Waals surface area contributed by atoms with Gasteiger partial charge in [-0.2, -0.15) is 0 Å². The van der Waals surface area contributed by atoms with Crippen LogP contribution in [0.2, 0.25) is 17.3 Å².